The molecule has 3 aromatic rings. The van der Waals surface area contributed by atoms with Crippen molar-refractivity contribution in [3.8, 4) is 11.5 Å². The maximum atomic E-state index is 12.6. The molecule has 0 radical (unpaired) electrons. The standard InChI is InChI=1S/C22H25N3O4S/c1-25-10-9-23-22(25)30-14-15-5-4-6-16(11-15)21(27)24-13-19(26)18-12-17(28-2)7-8-20(18)29-3/h4-12,19,26H,13-14H2,1-3H3,(H,24,27). The number of aliphatic hydroxyl groups excluding tert-OH is 1. The number of nitrogens with one attached hydrogen (secondary N) is 1. The summed E-state index contributed by atoms with van der Waals surface area (Å²) in [6, 6.07) is 12.6. The molecule has 0 fully saturated rings. The molecule has 0 aliphatic rings. The van der Waals surface area contributed by atoms with E-state index in [0.29, 0.717) is 28.4 Å². The van der Waals surface area contributed by atoms with Gasteiger partial charge in [-0.15, -0.1) is 0 Å². The maximum Gasteiger partial charge on any atom is 0.251 e. The van der Waals surface area contributed by atoms with Gasteiger partial charge in [0.25, 0.3) is 5.91 Å². The highest BCUT2D eigenvalue weighted by Gasteiger charge is 2.16. The highest BCUT2D eigenvalue weighted by molar-refractivity contribution is 7.98. The van der Waals surface area contributed by atoms with Crippen LogP contribution in [-0.2, 0) is 12.8 Å². The van der Waals surface area contributed by atoms with Crippen LogP contribution in [0.5, 0.6) is 11.5 Å². The number of nitrogens with zero attached hydrogens (tertiary/aromatic N) is 2. The zero-order valence-corrected chi connectivity index (χ0v) is 18.0. The van der Waals surface area contributed by atoms with E-state index in [2.05, 4.69) is 10.3 Å². The number of aryl methyl sites for hydroxylation is 1. The second-order valence-electron chi connectivity index (χ2n) is 6.64. The summed E-state index contributed by atoms with van der Waals surface area (Å²) in [4.78, 5) is 16.9. The van der Waals surface area contributed by atoms with Gasteiger partial charge in [-0.05, 0) is 35.9 Å². The second kappa shape index (κ2) is 10.2. The lowest BCUT2D eigenvalue weighted by atomic mass is 10.1. The molecule has 0 aliphatic heterocycles. The van der Waals surface area contributed by atoms with Gasteiger partial charge in [0.15, 0.2) is 5.16 Å². The fraction of sp³-hybridized carbons (Fsp3) is 0.273. The SMILES string of the molecule is COc1ccc(OC)c(C(O)CNC(=O)c2cccc(CSc3nccn3C)c2)c1. The van der Waals surface area contributed by atoms with E-state index in [0.717, 1.165) is 10.7 Å². The smallest absolute Gasteiger partial charge is 0.251 e. The minimum atomic E-state index is -0.929. The summed E-state index contributed by atoms with van der Waals surface area (Å²) >= 11 is 1.60. The molecule has 8 heteroatoms. The van der Waals surface area contributed by atoms with Crippen molar-refractivity contribution >= 4 is 17.7 Å². The van der Waals surface area contributed by atoms with E-state index in [9.17, 15) is 9.90 Å². The summed E-state index contributed by atoms with van der Waals surface area (Å²) < 4.78 is 12.5. The van der Waals surface area contributed by atoms with Crippen LogP contribution in [-0.4, -0.2) is 41.3 Å². The Morgan fingerprint density at radius 1 is 1.23 bits per heavy atom. The summed E-state index contributed by atoms with van der Waals surface area (Å²) in [6.07, 6.45) is 2.73. The Bertz CT molecular complexity index is 1010. The van der Waals surface area contributed by atoms with Crippen LogP contribution in [0.15, 0.2) is 60.0 Å². The van der Waals surface area contributed by atoms with Crippen LogP contribution < -0.4 is 14.8 Å². The first kappa shape index (κ1) is 21.7. The second-order valence-corrected chi connectivity index (χ2v) is 7.59. The van der Waals surface area contributed by atoms with Crippen LogP contribution in [0.3, 0.4) is 0 Å². The van der Waals surface area contributed by atoms with Crippen LogP contribution in [0.2, 0.25) is 0 Å². The van der Waals surface area contributed by atoms with E-state index in [1.54, 1.807) is 49.3 Å². The molecule has 1 unspecified atom stereocenters. The average molecular weight is 428 g/mol. The number of rotatable bonds is 9. The van der Waals surface area contributed by atoms with E-state index in [1.165, 1.54) is 7.11 Å². The molecule has 2 aromatic carbocycles. The van der Waals surface area contributed by atoms with E-state index in [-0.39, 0.29) is 12.5 Å². The number of hydrogen-bond donors (Lipinski definition) is 2. The lowest BCUT2D eigenvalue weighted by Gasteiger charge is -2.16. The monoisotopic (exact) mass is 427 g/mol. The minimum absolute atomic E-state index is 0.0502. The summed E-state index contributed by atoms with van der Waals surface area (Å²) in [5.41, 5.74) is 2.11. The Kier molecular flexibility index (Phi) is 7.37. The molecule has 1 heterocycles. The number of aromatic nitrogens is 2. The predicted octanol–water partition coefficient (Wildman–Crippen LogP) is 3.19. The lowest BCUT2D eigenvalue weighted by Crippen LogP contribution is -2.28. The van der Waals surface area contributed by atoms with Gasteiger partial charge in [0.05, 0.1) is 14.2 Å². The number of thioether (sulfide) groups is 1. The average Bonchev–Trinajstić information content (AvgIpc) is 3.20. The fourth-order valence-corrected chi connectivity index (χ4v) is 3.82. The highest BCUT2D eigenvalue weighted by atomic mass is 32.2. The number of amides is 1. The molecule has 158 valence electrons. The van der Waals surface area contributed by atoms with Crippen molar-refractivity contribution in [3.05, 3.63) is 71.5 Å². The first-order chi connectivity index (χ1) is 14.5. The number of carbonyl (C=O) groups is 1. The molecule has 7 nitrogen and oxygen atoms in total. The van der Waals surface area contributed by atoms with Gasteiger partial charge in [-0.2, -0.15) is 0 Å². The van der Waals surface area contributed by atoms with Crippen LogP contribution >= 0.6 is 11.8 Å². The van der Waals surface area contributed by atoms with Gasteiger partial charge < -0.3 is 24.5 Å². The third-order valence-electron chi connectivity index (χ3n) is 4.59. The van der Waals surface area contributed by atoms with Crippen LogP contribution in [0.25, 0.3) is 0 Å². The molecule has 1 amide bonds. The van der Waals surface area contributed by atoms with Crippen molar-refractivity contribution in [1.29, 1.82) is 0 Å². The third-order valence-corrected chi connectivity index (χ3v) is 5.72. The highest BCUT2D eigenvalue weighted by Crippen LogP contribution is 2.29. The van der Waals surface area contributed by atoms with Crippen molar-refractivity contribution in [2.45, 2.75) is 17.0 Å². The van der Waals surface area contributed by atoms with Crippen LogP contribution in [0.4, 0.5) is 0 Å². The van der Waals surface area contributed by atoms with Gasteiger partial charge in [-0.3, -0.25) is 4.79 Å². The van der Waals surface area contributed by atoms with E-state index >= 15 is 0 Å². The Morgan fingerprint density at radius 3 is 2.77 bits per heavy atom. The van der Waals surface area contributed by atoms with Gasteiger partial charge in [0.2, 0.25) is 0 Å². The van der Waals surface area contributed by atoms with Gasteiger partial charge in [-0.1, -0.05) is 23.9 Å². The minimum Gasteiger partial charge on any atom is -0.497 e. The molecule has 30 heavy (non-hydrogen) atoms. The molecule has 3 rings (SSSR count). The first-order valence-corrected chi connectivity index (χ1v) is 10.4. The van der Waals surface area contributed by atoms with Crippen molar-refractivity contribution < 1.29 is 19.4 Å². The zero-order chi connectivity index (χ0) is 21.5. The van der Waals surface area contributed by atoms with E-state index in [1.807, 2.05) is 36.0 Å². The Labute approximate surface area is 180 Å². The number of ether oxygens (including phenoxy) is 2. The Hall–Kier alpha value is -2.97. The maximum absolute atomic E-state index is 12.6. The number of hydrogen-bond acceptors (Lipinski definition) is 6. The molecule has 0 bridgehead atoms. The van der Waals surface area contributed by atoms with Crippen molar-refractivity contribution in [3.63, 3.8) is 0 Å². The van der Waals surface area contributed by atoms with E-state index in [4.69, 9.17) is 9.47 Å². The molecular weight excluding hydrogens is 402 g/mol. The van der Waals surface area contributed by atoms with Crippen molar-refractivity contribution in [1.82, 2.24) is 14.9 Å². The van der Waals surface area contributed by atoms with Gasteiger partial charge >= 0.3 is 0 Å². The van der Waals surface area contributed by atoms with Gasteiger partial charge in [0.1, 0.15) is 17.6 Å². The van der Waals surface area contributed by atoms with Crippen LogP contribution in [0.1, 0.15) is 27.6 Å². The van der Waals surface area contributed by atoms with Crippen molar-refractivity contribution in [2.75, 3.05) is 20.8 Å². The number of aliphatic hydroxyl groups is 1. The molecule has 0 spiro atoms. The molecular formula is C22H25N3O4S. The molecule has 1 atom stereocenters. The summed E-state index contributed by atoms with van der Waals surface area (Å²) in [5, 5.41) is 14.3. The van der Waals surface area contributed by atoms with Crippen LogP contribution in [0, 0.1) is 0 Å². The van der Waals surface area contributed by atoms with Crippen molar-refractivity contribution in [2.24, 2.45) is 7.05 Å². The van der Waals surface area contributed by atoms with Gasteiger partial charge in [-0.25, -0.2) is 4.98 Å². The molecule has 0 saturated carbocycles. The number of imidazole rings is 1. The molecule has 1 aromatic heterocycles. The Balaban J connectivity index is 1.61. The molecule has 0 saturated heterocycles. The van der Waals surface area contributed by atoms with Gasteiger partial charge in [0, 0.05) is 42.9 Å². The summed E-state index contributed by atoms with van der Waals surface area (Å²) in [6.45, 7) is 0.0502. The third kappa shape index (κ3) is 5.34. The predicted molar refractivity (Wildman–Crippen MR) is 116 cm³/mol. The number of benzene rings is 2. The normalized spacial score (nSPS) is 11.7. The largest absolute Gasteiger partial charge is 0.497 e. The van der Waals surface area contributed by atoms with E-state index < -0.39 is 6.10 Å². The number of methoxy groups -OCH3 is 2. The Morgan fingerprint density at radius 2 is 2.07 bits per heavy atom. The number of carbonyl (C=O) groups excluding carboxylic acids is 1. The molecule has 0 aliphatic carbocycles. The first-order valence-electron chi connectivity index (χ1n) is 9.39. The molecule has 2 N–H and O–H groups in total. The quantitative estimate of drug-likeness (QED) is 0.510. The fourth-order valence-electron chi connectivity index (χ4n) is 2.94. The summed E-state index contributed by atoms with van der Waals surface area (Å²) in [5.74, 6) is 1.59. The summed E-state index contributed by atoms with van der Waals surface area (Å²) in [7, 11) is 5.03. The lowest BCUT2D eigenvalue weighted by molar-refractivity contribution is 0.0914. The topological polar surface area (TPSA) is 85.6 Å². The zero-order valence-electron chi connectivity index (χ0n) is 17.2.